The molecule has 0 radical (unpaired) electrons. The SMILES string of the molecule is CCOC(=O)C(N)=C1CCNC(=O)C1=Nc1ccc(OC)cc1Cl. The van der Waals surface area contributed by atoms with Crippen molar-refractivity contribution < 1.29 is 19.1 Å². The van der Waals surface area contributed by atoms with E-state index < -0.39 is 11.9 Å². The summed E-state index contributed by atoms with van der Waals surface area (Å²) in [6.07, 6.45) is 0.378. The van der Waals surface area contributed by atoms with Gasteiger partial charge >= 0.3 is 5.97 Å². The molecule has 0 aromatic heterocycles. The van der Waals surface area contributed by atoms with E-state index in [2.05, 4.69) is 10.3 Å². The van der Waals surface area contributed by atoms with E-state index in [1.54, 1.807) is 25.1 Å². The van der Waals surface area contributed by atoms with E-state index in [0.29, 0.717) is 35.0 Å². The maximum absolute atomic E-state index is 12.2. The van der Waals surface area contributed by atoms with Crippen LogP contribution in [0.4, 0.5) is 5.69 Å². The Bertz CT molecular complexity index is 728. The molecular formula is C16H18ClN3O4. The lowest BCUT2D eigenvalue weighted by atomic mass is 10.00. The summed E-state index contributed by atoms with van der Waals surface area (Å²) in [5.41, 5.74) is 6.52. The van der Waals surface area contributed by atoms with E-state index in [-0.39, 0.29) is 18.0 Å². The zero-order chi connectivity index (χ0) is 17.7. The number of benzene rings is 1. The minimum absolute atomic E-state index is 0.0545. The highest BCUT2D eigenvalue weighted by Crippen LogP contribution is 2.30. The van der Waals surface area contributed by atoms with Gasteiger partial charge in [-0.1, -0.05) is 11.6 Å². The molecule has 8 heteroatoms. The fourth-order valence-corrected chi connectivity index (χ4v) is 2.39. The Labute approximate surface area is 144 Å². The molecule has 0 aliphatic carbocycles. The summed E-state index contributed by atoms with van der Waals surface area (Å²) in [5.74, 6) is -0.523. The Kier molecular flexibility index (Phi) is 5.81. The van der Waals surface area contributed by atoms with E-state index in [1.165, 1.54) is 7.11 Å². The number of carbonyl (C=O) groups excluding carboxylic acids is 2. The second kappa shape index (κ2) is 7.83. The molecule has 128 valence electrons. The number of methoxy groups -OCH3 is 1. The largest absolute Gasteiger partial charge is 0.497 e. The second-order valence-corrected chi connectivity index (χ2v) is 5.30. The van der Waals surface area contributed by atoms with Gasteiger partial charge in [0.2, 0.25) is 0 Å². The summed E-state index contributed by atoms with van der Waals surface area (Å²) in [4.78, 5) is 28.3. The summed E-state index contributed by atoms with van der Waals surface area (Å²) in [6, 6.07) is 4.87. The van der Waals surface area contributed by atoms with Crippen LogP contribution in [-0.4, -0.2) is 37.8 Å². The van der Waals surface area contributed by atoms with Crippen molar-refractivity contribution in [2.75, 3.05) is 20.3 Å². The molecule has 3 N–H and O–H groups in total. The predicted octanol–water partition coefficient (Wildman–Crippen LogP) is 1.72. The summed E-state index contributed by atoms with van der Waals surface area (Å²) in [6.45, 7) is 2.23. The van der Waals surface area contributed by atoms with Gasteiger partial charge in [0.05, 0.1) is 24.4 Å². The molecule has 1 fully saturated rings. The van der Waals surface area contributed by atoms with E-state index >= 15 is 0 Å². The van der Waals surface area contributed by atoms with Crippen LogP contribution in [0.1, 0.15) is 13.3 Å². The van der Waals surface area contributed by atoms with Crippen LogP contribution in [0.25, 0.3) is 0 Å². The number of ether oxygens (including phenoxy) is 2. The third-order valence-electron chi connectivity index (χ3n) is 3.37. The van der Waals surface area contributed by atoms with Gasteiger partial charge in [-0.05, 0) is 25.5 Å². The van der Waals surface area contributed by atoms with Gasteiger partial charge in [0.25, 0.3) is 5.91 Å². The molecule has 0 spiro atoms. The van der Waals surface area contributed by atoms with E-state index in [9.17, 15) is 9.59 Å². The predicted molar refractivity (Wildman–Crippen MR) is 90.6 cm³/mol. The topological polar surface area (TPSA) is 103 Å². The third kappa shape index (κ3) is 3.86. The fourth-order valence-electron chi connectivity index (χ4n) is 2.18. The number of hydrogen-bond donors (Lipinski definition) is 2. The number of piperidine rings is 1. The quantitative estimate of drug-likeness (QED) is 0.635. The highest BCUT2D eigenvalue weighted by molar-refractivity contribution is 6.47. The Hall–Kier alpha value is -2.54. The number of esters is 1. The minimum Gasteiger partial charge on any atom is -0.497 e. The number of halogens is 1. The Morgan fingerprint density at radius 1 is 1.46 bits per heavy atom. The molecule has 0 bridgehead atoms. The van der Waals surface area contributed by atoms with Gasteiger partial charge in [-0.3, -0.25) is 4.79 Å². The molecule has 1 heterocycles. The van der Waals surface area contributed by atoms with E-state index in [0.717, 1.165) is 0 Å². The van der Waals surface area contributed by atoms with Crippen LogP contribution in [0.2, 0.25) is 5.02 Å². The number of nitrogens with zero attached hydrogens (tertiary/aromatic N) is 1. The van der Waals surface area contributed by atoms with Crippen molar-refractivity contribution in [2.45, 2.75) is 13.3 Å². The van der Waals surface area contributed by atoms with Crippen molar-refractivity contribution in [1.82, 2.24) is 5.32 Å². The van der Waals surface area contributed by atoms with Gasteiger partial charge in [0, 0.05) is 18.2 Å². The fraction of sp³-hybridized carbons (Fsp3) is 0.312. The smallest absolute Gasteiger partial charge is 0.354 e. The monoisotopic (exact) mass is 351 g/mol. The molecule has 1 amide bonds. The van der Waals surface area contributed by atoms with Crippen LogP contribution in [0.3, 0.4) is 0 Å². The Balaban J connectivity index is 2.48. The van der Waals surface area contributed by atoms with Crippen LogP contribution in [0.5, 0.6) is 5.75 Å². The molecule has 1 saturated heterocycles. The standard InChI is InChI=1S/C16H18ClN3O4/c1-3-24-16(22)13(18)10-6-7-19-15(21)14(10)20-12-5-4-9(23-2)8-11(12)17/h4-5,8H,3,6-7,18H2,1-2H3,(H,19,21). The number of nitrogens with two attached hydrogens (primary N) is 1. The molecule has 24 heavy (non-hydrogen) atoms. The first kappa shape index (κ1) is 17.8. The number of hydrogen-bond acceptors (Lipinski definition) is 6. The van der Waals surface area contributed by atoms with Crippen molar-refractivity contribution in [3.63, 3.8) is 0 Å². The van der Waals surface area contributed by atoms with Crippen LogP contribution in [-0.2, 0) is 14.3 Å². The van der Waals surface area contributed by atoms with Crippen LogP contribution in [0.15, 0.2) is 34.5 Å². The molecule has 1 aromatic carbocycles. The van der Waals surface area contributed by atoms with Crippen molar-refractivity contribution in [1.29, 1.82) is 0 Å². The van der Waals surface area contributed by atoms with Gasteiger partial charge in [0.15, 0.2) is 0 Å². The Morgan fingerprint density at radius 3 is 2.83 bits per heavy atom. The van der Waals surface area contributed by atoms with Gasteiger partial charge in [0.1, 0.15) is 17.2 Å². The molecule has 1 aliphatic rings. The van der Waals surface area contributed by atoms with Crippen LogP contribution >= 0.6 is 11.6 Å². The lowest BCUT2D eigenvalue weighted by Crippen LogP contribution is -2.40. The molecule has 0 unspecified atom stereocenters. The highest BCUT2D eigenvalue weighted by atomic mass is 35.5. The summed E-state index contributed by atoms with van der Waals surface area (Å²) in [7, 11) is 1.52. The van der Waals surface area contributed by atoms with Gasteiger partial charge in [-0.25, -0.2) is 9.79 Å². The number of nitrogens with one attached hydrogen (secondary N) is 1. The van der Waals surface area contributed by atoms with Crippen molar-refractivity contribution in [3.8, 4) is 5.75 Å². The zero-order valence-corrected chi connectivity index (χ0v) is 14.1. The maximum Gasteiger partial charge on any atom is 0.354 e. The first-order chi connectivity index (χ1) is 11.5. The number of carbonyl (C=O) groups is 2. The average Bonchev–Trinajstić information content (AvgIpc) is 2.57. The molecule has 2 rings (SSSR count). The van der Waals surface area contributed by atoms with E-state index in [1.807, 2.05) is 0 Å². The van der Waals surface area contributed by atoms with Crippen molar-refractivity contribution >= 4 is 34.9 Å². The summed E-state index contributed by atoms with van der Waals surface area (Å²) < 4.78 is 9.97. The summed E-state index contributed by atoms with van der Waals surface area (Å²) >= 11 is 6.16. The van der Waals surface area contributed by atoms with Crippen molar-refractivity contribution in [3.05, 3.63) is 34.5 Å². The number of aliphatic imine (C=N–C) groups is 1. The first-order valence-electron chi connectivity index (χ1n) is 7.34. The maximum atomic E-state index is 12.2. The minimum atomic E-state index is -0.671. The number of amides is 1. The van der Waals surface area contributed by atoms with Crippen molar-refractivity contribution in [2.24, 2.45) is 10.7 Å². The average molecular weight is 352 g/mol. The number of rotatable bonds is 4. The lowest BCUT2D eigenvalue weighted by Gasteiger charge is -2.19. The molecule has 1 aromatic rings. The highest BCUT2D eigenvalue weighted by Gasteiger charge is 2.27. The molecule has 7 nitrogen and oxygen atoms in total. The van der Waals surface area contributed by atoms with Crippen LogP contribution in [0, 0.1) is 0 Å². The Morgan fingerprint density at radius 2 is 2.21 bits per heavy atom. The van der Waals surface area contributed by atoms with Gasteiger partial charge in [-0.15, -0.1) is 0 Å². The van der Waals surface area contributed by atoms with Crippen LogP contribution < -0.4 is 15.8 Å². The third-order valence-corrected chi connectivity index (χ3v) is 3.67. The van der Waals surface area contributed by atoms with Gasteiger partial charge in [-0.2, -0.15) is 0 Å². The molecular weight excluding hydrogens is 334 g/mol. The lowest BCUT2D eigenvalue weighted by molar-refractivity contribution is -0.138. The van der Waals surface area contributed by atoms with E-state index in [4.69, 9.17) is 26.8 Å². The molecule has 0 atom stereocenters. The normalized spacial score (nSPS) is 18.1. The zero-order valence-electron chi connectivity index (χ0n) is 13.4. The molecule has 1 aliphatic heterocycles. The second-order valence-electron chi connectivity index (χ2n) is 4.90. The molecule has 0 saturated carbocycles. The van der Waals surface area contributed by atoms with Gasteiger partial charge < -0.3 is 20.5 Å². The first-order valence-corrected chi connectivity index (χ1v) is 7.72. The summed E-state index contributed by atoms with van der Waals surface area (Å²) in [5, 5.41) is 2.98.